The monoisotopic (exact) mass is 372 g/mol. The number of fused-ring (bicyclic) bond motifs is 1. The fourth-order valence-corrected chi connectivity index (χ4v) is 3.47. The molecule has 1 aliphatic rings. The number of hydrogen-bond donors (Lipinski definition) is 1. The van der Waals surface area contributed by atoms with Gasteiger partial charge >= 0.3 is 6.09 Å². The van der Waals surface area contributed by atoms with Crippen molar-refractivity contribution in [1.82, 2.24) is 20.0 Å². The zero-order valence-corrected chi connectivity index (χ0v) is 16.5. The molecule has 1 N–H and O–H groups in total. The fraction of sp³-hybridized carbons (Fsp3) is 0.550. The van der Waals surface area contributed by atoms with Crippen molar-refractivity contribution in [2.45, 2.75) is 39.2 Å². The first-order valence-electron chi connectivity index (χ1n) is 9.39. The predicted molar refractivity (Wildman–Crippen MR) is 104 cm³/mol. The number of nitrogens with one attached hydrogen (secondary N) is 1. The van der Waals surface area contributed by atoms with Crippen LogP contribution < -0.4 is 0 Å². The molecule has 1 atom stereocenters. The van der Waals surface area contributed by atoms with E-state index in [4.69, 9.17) is 4.74 Å². The van der Waals surface area contributed by atoms with Crippen LogP contribution in [0.15, 0.2) is 24.4 Å². The molecule has 1 unspecified atom stereocenters. The maximum absolute atomic E-state index is 12.8. The number of ether oxygens (including phenoxy) is 1. The number of likely N-dealkylation sites (tertiary alicyclic amines) is 1. The summed E-state index contributed by atoms with van der Waals surface area (Å²) in [6.45, 7) is 7.55. The third-order valence-corrected chi connectivity index (χ3v) is 4.74. The van der Waals surface area contributed by atoms with E-state index >= 15 is 0 Å². The summed E-state index contributed by atoms with van der Waals surface area (Å²) in [6, 6.07) is 5.53. The van der Waals surface area contributed by atoms with Crippen LogP contribution in [0.2, 0.25) is 0 Å². The van der Waals surface area contributed by atoms with E-state index in [1.807, 2.05) is 46.0 Å². The van der Waals surface area contributed by atoms with Gasteiger partial charge in [-0.3, -0.25) is 9.89 Å². The highest BCUT2D eigenvalue weighted by Crippen LogP contribution is 2.21. The maximum atomic E-state index is 12.8. The molecule has 7 heteroatoms. The summed E-state index contributed by atoms with van der Waals surface area (Å²) in [5.41, 5.74) is 1.06. The Kier molecular flexibility index (Phi) is 5.39. The Labute approximate surface area is 159 Å². The van der Waals surface area contributed by atoms with Gasteiger partial charge in [0.1, 0.15) is 5.60 Å². The summed E-state index contributed by atoms with van der Waals surface area (Å²) in [6.07, 6.45) is 3.36. The Hall–Kier alpha value is -2.57. The van der Waals surface area contributed by atoms with Crippen molar-refractivity contribution in [1.29, 1.82) is 0 Å². The SMILES string of the molecule is CN(CC1CCCN(C(=O)OC(C)(C)C)C1)C(=O)c1ccc2[nH]ncc2c1. The Morgan fingerprint density at radius 3 is 2.89 bits per heavy atom. The van der Waals surface area contributed by atoms with Crippen LogP contribution in [0.3, 0.4) is 0 Å². The number of carbonyl (C=O) groups excluding carboxylic acids is 2. The van der Waals surface area contributed by atoms with E-state index in [0.29, 0.717) is 25.2 Å². The van der Waals surface area contributed by atoms with Crippen LogP contribution in [-0.2, 0) is 4.74 Å². The van der Waals surface area contributed by atoms with Crippen LogP contribution in [0.25, 0.3) is 10.9 Å². The first-order valence-corrected chi connectivity index (χ1v) is 9.39. The molecule has 2 amide bonds. The molecular weight excluding hydrogens is 344 g/mol. The van der Waals surface area contributed by atoms with E-state index in [2.05, 4.69) is 10.2 Å². The van der Waals surface area contributed by atoms with Gasteiger partial charge in [0.2, 0.25) is 0 Å². The number of hydrogen-bond acceptors (Lipinski definition) is 4. The van der Waals surface area contributed by atoms with E-state index in [0.717, 1.165) is 23.7 Å². The summed E-state index contributed by atoms with van der Waals surface area (Å²) in [7, 11) is 1.81. The molecule has 2 aromatic rings. The highest BCUT2D eigenvalue weighted by molar-refractivity contribution is 5.97. The summed E-state index contributed by atoms with van der Waals surface area (Å²) < 4.78 is 5.48. The molecule has 27 heavy (non-hydrogen) atoms. The first kappa shape index (κ1) is 19.2. The van der Waals surface area contributed by atoms with Crippen LogP contribution in [0.5, 0.6) is 0 Å². The van der Waals surface area contributed by atoms with E-state index in [9.17, 15) is 9.59 Å². The molecule has 146 valence electrons. The Morgan fingerprint density at radius 1 is 1.37 bits per heavy atom. The molecule has 1 aromatic carbocycles. The molecule has 1 aromatic heterocycles. The molecule has 0 aliphatic carbocycles. The minimum Gasteiger partial charge on any atom is -0.444 e. The topological polar surface area (TPSA) is 78.5 Å². The van der Waals surface area contributed by atoms with Gasteiger partial charge in [-0.15, -0.1) is 0 Å². The molecule has 1 saturated heterocycles. The number of benzene rings is 1. The molecule has 0 radical (unpaired) electrons. The molecule has 7 nitrogen and oxygen atoms in total. The van der Waals surface area contributed by atoms with Crippen LogP contribution >= 0.6 is 0 Å². The van der Waals surface area contributed by atoms with Gasteiger partial charge in [0.25, 0.3) is 5.91 Å². The summed E-state index contributed by atoms with van der Waals surface area (Å²) >= 11 is 0. The number of carbonyl (C=O) groups is 2. The third kappa shape index (κ3) is 4.78. The van der Waals surface area contributed by atoms with Gasteiger partial charge in [-0.2, -0.15) is 5.10 Å². The molecule has 0 spiro atoms. The van der Waals surface area contributed by atoms with Crippen molar-refractivity contribution < 1.29 is 14.3 Å². The Bertz CT molecular complexity index is 824. The second kappa shape index (κ2) is 7.58. The first-order chi connectivity index (χ1) is 12.7. The number of amides is 2. The van der Waals surface area contributed by atoms with E-state index in [1.54, 1.807) is 16.0 Å². The summed E-state index contributed by atoms with van der Waals surface area (Å²) in [5.74, 6) is 0.227. The number of rotatable bonds is 3. The predicted octanol–water partition coefficient (Wildman–Crippen LogP) is 3.28. The normalized spacial score (nSPS) is 17.8. The van der Waals surface area contributed by atoms with Crippen LogP contribution in [0.1, 0.15) is 44.0 Å². The average Bonchev–Trinajstić information content (AvgIpc) is 3.07. The van der Waals surface area contributed by atoms with Gasteiger partial charge in [-0.25, -0.2) is 4.79 Å². The van der Waals surface area contributed by atoms with Crippen molar-refractivity contribution in [2.24, 2.45) is 5.92 Å². The lowest BCUT2D eigenvalue weighted by Gasteiger charge is -2.35. The lowest BCUT2D eigenvalue weighted by atomic mass is 9.97. The number of H-pyrrole nitrogens is 1. The highest BCUT2D eigenvalue weighted by Gasteiger charge is 2.29. The fourth-order valence-electron chi connectivity index (χ4n) is 3.47. The summed E-state index contributed by atoms with van der Waals surface area (Å²) in [4.78, 5) is 28.6. The molecular formula is C20H28N4O3. The zero-order valence-electron chi connectivity index (χ0n) is 16.5. The second-order valence-electron chi connectivity index (χ2n) is 8.29. The van der Waals surface area contributed by atoms with Crippen LogP contribution in [0, 0.1) is 5.92 Å². The maximum Gasteiger partial charge on any atom is 0.410 e. The summed E-state index contributed by atoms with van der Waals surface area (Å²) in [5, 5.41) is 7.80. The second-order valence-corrected chi connectivity index (χ2v) is 8.29. The lowest BCUT2D eigenvalue weighted by molar-refractivity contribution is 0.0151. The van der Waals surface area contributed by atoms with Crippen molar-refractivity contribution in [3.63, 3.8) is 0 Å². The van der Waals surface area contributed by atoms with Gasteiger partial charge in [0, 0.05) is 37.6 Å². The number of aromatic nitrogens is 2. The zero-order chi connectivity index (χ0) is 19.6. The van der Waals surface area contributed by atoms with Gasteiger partial charge < -0.3 is 14.5 Å². The average molecular weight is 372 g/mol. The number of nitrogens with zero attached hydrogens (tertiary/aromatic N) is 3. The molecule has 0 saturated carbocycles. The molecule has 1 aliphatic heterocycles. The van der Waals surface area contributed by atoms with E-state index in [-0.39, 0.29) is 17.9 Å². The molecule has 1 fully saturated rings. The van der Waals surface area contributed by atoms with Gasteiger partial charge in [-0.05, 0) is 57.7 Å². The largest absolute Gasteiger partial charge is 0.444 e. The van der Waals surface area contributed by atoms with E-state index in [1.165, 1.54) is 0 Å². The standard InChI is InChI=1S/C20H28N4O3/c1-20(2,3)27-19(26)24-9-5-6-14(13-24)12-23(4)18(25)15-7-8-17-16(10-15)11-21-22-17/h7-8,10-11,14H,5-6,9,12-13H2,1-4H3,(H,21,22). The number of piperidine rings is 1. The van der Waals surface area contributed by atoms with Gasteiger partial charge in [0.05, 0.1) is 11.7 Å². The molecule has 3 rings (SSSR count). The van der Waals surface area contributed by atoms with Crippen LogP contribution in [0.4, 0.5) is 4.79 Å². The lowest BCUT2D eigenvalue weighted by Crippen LogP contribution is -2.45. The minimum absolute atomic E-state index is 0.0208. The van der Waals surface area contributed by atoms with Crippen LogP contribution in [-0.4, -0.2) is 64.3 Å². The Balaban J connectivity index is 1.60. The van der Waals surface area contributed by atoms with Crippen molar-refractivity contribution in [3.8, 4) is 0 Å². The molecule has 0 bridgehead atoms. The third-order valence-electron chi connectivity index (χ3n) is 4.74. The quantitative estimate of drug-likeness (QED) is 0.897. The van der Waals surface area contributed by atoms with E-state index < -0.39 is 5.60 Å². The van der Waals surface area contributed by atoms with Crippen molar-refractivity contribution in [3.05, 3.63) is 30.0 Å². The molecule has 2 heterocycles. The number of aromatic amines is 1. The highest BCUT2D eigenvalue weighted by atomic mass is 16.6. The van der Waals surface area contributed by atoms with Crippen molar-refractivity contribution in [2.75, 3.05) is 26.7 Å². The van der Waals surface area contributed by atoms with Gasteiger partial charge in [0.15, 0.2) is 0 Å². The van der Waals surface area contributed by atoms with Crippen molar-refractivity contribution >= 4 is 22.9 Å². The minimum atomic E-state index is -0.498. The Morgan fingerprint density at radius 2 is 2.15 bits per heavy atom. The van der Waals surface area contributed by atoms with Gasteiger partial charge in [-0.1, -0.05) is 0 Å². The smallest absolute Gasteiger partial charge is 0.410 e.